The number of allylic oxidation sites excluding steroid dienone is 7. The summed E-state index contributed by atoms with van der Waals surface area (Å²) in [5.74, 6) is 0.637. The molecular formula is C61H50N2. The maximum atomic E-state index is 2.43. The molecule has 0 N–H and O–H groups in total. The molecule has 2 aliphatic rings. The zero-order valence-electron chi connectivity index (χ0n) is 35.6. The maximum Gasteiger partial charge on any atom is 0.0467 e. The van der Waals surface area contributed by atoms with E-state index in [-0.39, 0.29) is 0 Å². The molecule has 8 aromatic carbocycles. The summed E-state index contributed by atoms with van der Waals surface area (Å²) in [6, 6.07) is 77.1. The van der Waals surface area contributed by atoms with Gasteiger partial charge in [0.05, 0.1) is 0 Å². The van der Waals surface area contributed by atoms with Crippen LogP contribution in [0.3, 0.4) is 0 Å². The van der Waals surface area contributed by atoms with E-state index >= 15 is 0 Å². The average molecular weight is 811 g/mol. The molecule has 2 aliphatic carbocycles. The second-order valence-corrected chi connectivity index (χ2v) is 16.5. The number of nitrogens with zero attached hydrogens (tertiary/aromatic N) is 2. The summed E-state index contributed by atoms with van der Waals surface area (Å²) in [5.41, 5.74) is 17.9. The molecule has 0 amide bonds. The van der Waals surface area contributed by atoms with E-state index in [0.29, 0.717) is 11.8 Å². The van der Waals surface area contributed by atoms with Gasteiger partial charge < -0.3 is 9.80 Å². The third-order valence-corrected chi connectivity index (χ3v) is 12.4. The van der Waals surface area contributed by atoms with Gasteiger partial charge in [-0.05, 0) is 136 Å². The Morgan fingerprint density at radius 2 is 0.873 bits per heavy atom. The molecule has 0 bridgehead atoms. The second kappa shape index (κ2) is 18.1. The van der Waals surface area contributed by atoms with Crippen molar-refractivity contribution in [3.05, 3.63) is 266 Å². The van der Waals surface area contributed by atoms with Gasteiger partial charge in [0, 0.05) is 40.1 Å². The van der Waals surface area contributed by atoms with E-state index in [1.165, 1.54) is 44.7 Å². The number of rotatable bonds is 11. The molecule has 2 heteroatoms. The fraction of sp³-hybridized carbons (Fsp3) is 0.0820. The zero-order chi connectivity index (χ0) is 42.4. The minimum atomic E-state index is 0.316. The van der Waals surface area contributed by atoms with E-state index in [1.54, 1.807) is 0 Å². The highest BCUT2D eigenvalue weighted by Crippen LogP contribution is 2.42. The van der Waals surface area contributed by atoms with E-state index in [2.05, 4.69) is 266 Å². The average Bonchev–Trinajstić information content (AvgIpc) is 3.36. The molecule has 0 spiro atoms. The molecule has 8 aromatic rings. The molecule has 0 saturated heterocycles. The molecule has 0 saturated carbocycles. The van der Waals surface area contributed by atoms with Crippen LogP contribution >= 0.6 is 0 Å². The molecule has 2 unspecified atom stereocenters. The lowest BCUT2D eigenvalue weighted by atomic mass is 9.83. The van der Waals surface area contributed by atoms with Gasteiger partial charge in [-0.2, -0.15) is 0 Å². The molecule has 304 valence electrons. The molecule has 63 heavy (non-hydrogen) atoms. The predicted octanol–water partition coefficient (Wildman–Crippen LogP) is 16.9. The van der Waals surface area contributed by atoms with Crippen molar-refractivity contribution in [1.82, 2.24) is 0 Å². The lowest BCUT2D eigenvalue weighted by Crippen LogP contribution is -2.20. The number of anilines is 5. The first kappa shape index (κ1) is 39.5. The molecule has 0 aromatic heterocycles. The fourth-order valence-electron chi connectivity index (χ4n) is 9.12. The highest BCUT2D eigenvalue weighted by atomic mass is 15.2. The van der Waals surface area contributed by atoms with Crippen molar-refractivity contribution in [2.24, 2.45) is 5.92 Å². The van der Waals surface area contributed by atoms with Crippen molar-refractivity contribution in [2.45, 2.75) is 25.7 Å². The van der Waals surface area contributed by atoms with Crippen molar-refractivity contribution >= 4 is 34.0 Å². The lowest BCUT2D eigenvalue weighted by molar-refractivity contribution is 0.628. The van der Waals surface area contributed by atoms with E-state index in [0.717, 1.165) is 52.4 Å². The molecule has 0 fully saturated rings. The van der Waals surface area contributed by atoms with Crippen LogP contribution in [0.1, 0.15) is 36.8 Å². The van der Waals surface area contributed by atoms with Crippen LogP contribution in [0.2, 0.25) is 0 Å². The predicted molar refractivity (Wildman–Crippen MR) is 268 cm³/mol. The van der Waals surface area contributed by atoms with Gasteiger partial charge in [0.25, 0.3) is 0 Å². The van der Waals surface area contributed by atoms with E-state index in [4.69, 9.17) is 0 Å². The lowest BCUT2D eigenvalue weighted by Gasteiger charge is -2.32. The molecule has 0 aliphatic heterocycles. The smallest absolute Gasteiger partial charge is 0.0467 e. The van der Waals surface area contributed by atoms with Gasteiger partial charge in [0.2, 0.25) is 0 Å². The maximum absolute atomic E-state index is 2.43. The van der Waals surface area contributed by atoms with Crippen LogP contribution in [0.4, 0.5) is 28.4 Å². The molecule has 2 atom stereocenters. The van der Waals surface area contributed by atoms with Crippen LogP contribution < -0.4 is 9.80 Å². The summed E-state index contributed by atoms with van der Waals surface area (Å²) in [5, 5.41) is 0. The summed E-state index contributed by atoms with van der Waals surface area (Å²) < 4.78 is 0. The minimum Gasteiger partial charge on any atom is -0.311 e. The Morgan fingerprint density at radius 1 is 0.413 bits per heavy atom. The number of hydrogen-bond donors (Lipinski definition) is 0. The monoisotopic (exact) mass is 810 g/mol. The van der Waals surface area contributed by atoms with Gasteiger partial charge in [-0.15, -0.1) is 0 Å². The van der Waals surface area contributed by atoms with Crippen LogP contribution in [0.25, 0.3) is 39.0 Å². The van der Waals surface area contributed by atoms with E-state index in [1.807, 2.05) is 0 Å². The van der Waals surface area contributed by atoms with E-state index < -0.39 is 0 Å². The van der Waals surface area contributed by atoms with Crippen LogP contribution in [0, 0.1) is 5.92 Å². The Morgan fingerprint density at radius 3 is 1.38 bits per heavy atom. The Kier molecular flexibility index (Phi) is 11.3. The Labute approximate surface area is 372 Å². The van der Waals surface area contributed by atoms with Gasteiger partial charge in [-0.3, -0.25) is 0 Å². The number of hydrogen-bond acceptors (Lipinski definition) is 2. The van der Waals surface area contributed by atoms with Gasteiger partial charge in [0.1, 0.15) is 0 Å². The second-order valence-electron chi connectivity index (χ2n) is 16.5. The quantitative estimate of drug-likeness (QED) is 0.128. The van der Waals surface area contributed by atoms with Crippen molar-refractivity contribution in [3.8, 4) is 33.4 Å². The standard InChI is InChI=1S/C61H50N2/c1-45-42-60(40-41-61(45)52-22-12-5-13-23-52)63(57-38-32-51(33-39-57)48-20-10-4-11-21-48)59-27-15-25-54(44-59)53-24-14-26-58(43-53)62(55-34-28-49(29-35-55)46-16-6-2-7-17-46)56-36-30-50(31-37-56)47-18-8-3-9-19-47/h2-8,10-18,20-45,61H,9,19H2,1H3. The molecule has 0 radical (unpaired) electrons. The largest absolute Gasteiger partial charge is 0.311 e. The summed E-state index contributed by atoms with van der Waals surface area (Å²) in [6.07, 6.45) is 16.0. The highest BCUT2D eigenvalue weighted by Gasteiger charge is 2.23. The SMILES string of the molecule is CC1C=C(N(c2ccc(-c3ccccc3)cc2)c2cccc(-c3cccc(N(c4ccc(C5=CC=CCC5)cc4)c4ccc(-c5ccccc5)cc4)c3)c2)C=CC1c1ccccc1. The van der Waals surface area contributed by atoms with Crippen LogP contribution in [-0.4, -0.2) is 0 Å². The first-order chi connectivity index (χ1) is 31.1. The number of benzene rings is 8. The summed E-state index contributed by atoms with van der Waals surface area (Å²) in [4.78, 5) is 4.79. The van der Waals surface area contributed by atoms with Crippen molar-refractivity contribution < 1.29 is 0 Å². The zero-order valence-corrected chi connectivity index (χ0v) is 35.6. The molecule has 0 heterocycles. The van der Waals surface area contributed by atoms with Gasteiger partial charge in [0.15, 0.2) is 0 Å². The van der Waals surface area contributed by atoms with Gasteiger partial charge in [-0.1, -0.05) is 189 Å². The Balaban J connectivity index is 1.02. The first-order valence-corrected chi connectivity index (χ1v) is 22.2. The highest BCUT2D eigenvalue weighted by molar-refractivity contribution is 5.84. The van der Waals surface area contributed by atoms with Crippen LogP contribution in [-0.2, 0) is 0 Å². The Hall–Kier alpha value is -7.68. The topological polar surface area (TPSA) is 6.48 Å². The van der Waals surface area contributed by atoms with Crippen molar-refractivity contribution in [1.29, 1.82) is 0 Å². The minimum absolute atomic E-state index is 0.316. The van der Waals surface area contributed by atoms with Crippen molar-refractivity contribution in [3.63, 3.8) is 0 Å². The van der Waals surface area contributed by atoms with Crippen LogP contribution in [0.15, 0.2) is 254 Å². The Bertz CT molecular complexity index is 2920. The summed E-state index contributed by atoms with van der Waals surface area (Å²) in [6.45, 7) is 2.33. The summed E-state index contributed by atoms with van der Waals surface area (Å²) in [7, 11) is 0. The molecule has 10 rings (SSSR count). The van der Waals surface area contributed by atoms with E-state index in [9.17, 15) is 0 Å². The molecular weight excluding hydrogens is 761 g/mol. The third-order valence-electron chi connectivity index (χ3n) is 12.4. The normalized spacial score (nSPS) is 15.6. The third kappa shape index (κ3) is 8.62. The van der Waals surface area contributed by atoms with Gasteiger partial charge in [-0.25, -0.2) is 0 Å². The van der Waals surface area contributed by atoms with Gasteiger partial charge >= 0.3 is 0 Å². The first-order valence-electron chi connectivity index (χ1n) is 22.2. The summed E-state index contributed by atoms with van der Waals surface area (Å²) >= 11 is 0. The fourth-order valence-corrected chi connectivity index (χ4v) is 9.12. The van der Waals surface area contributed by atoms with Crippen LogP contribution in [0.5, 0.6) is 0 Å². The molecule has 2 nitrogen and oxygen atoms in total. The van der Waals surface area contributed by atoms with Crippen molar-refractivity contribution in [2.75, 3.05) is 9.80 Å².